The molecule has 1 aromatic carbocycles. The first-order valence-corrected chi connectivity index (χ1v) is 9.80. The lowest BCUT2D eigenvalue weighted by Gasteiger charge is -2.15. The van der Waals surface area contributed by atoms with Gasteiger partial charge in [-0.25, -0.2) is 8.42 Å². The lowest BCUT2D eigenvalue weighted by atomic mass is 10.1. The molecule has 1 aliphatic rings. The Balaban J connectivity index is 1.86. The molecule has 0 aliphatic carbocycles. The SMILES string of the molecule is CC(=O)c1cccc(NC(=O)[C@@H](C)OC(=O)C[C@@H]2CCS(=O)(=O)C2)c1. The molecule has 2 rings (SSSR count). The Morgan fingerprint density at radius 2 is 2.04 bits per heavy atom. The van der Waals surface area contributed by atoms with Gasteiger partial charge in [0, 0.05) is 17.7 Å². The molecule has 0 spiro atoms. The van der Waals surface area contributed by atoms with Crippen molar-refractivity contribution in [2.75, 3.05) is 16.8 Å². The summed E-state index contributed by atoms with van der Waals surface area (Å²) in [6, 6.07) is 6.45. The standard InChI is InChI=1S/C17H21NO6S/c1-11(19)14-4-3-5-15(9-14)18-17(21)12(2)24-16(20)8-13-6-7-25(22,23)10-13/h3-5,9,12-13H,6-8,10H2,1-2H3,(H,18,21)/t12-,13+/m1/s1. The number of benzene rings is 1. The summed E-state index contributed by atoms with van der Waals surface area (Å²) in [5, 5.41) is 2.58. The number of amides is 1. The van der Waals surface area contributed by atoms with Crippen LogP contribution in [0.2, 0.25) is 0 Å². The average Bonchev–Trinajstić information content (AvgIpc) is 2.85. The van der Waals surface area contributed by atoms with E-state index < -0.39 is 27.8 Å². The fraction of sp³-hybridized carbons (Fsp3) is 0.471. The fourth-order valence-corrected chi connectivity index (χ4v) is 4.49. The number of rotatable bonds is 6. The van der Waals surface area contributed by atoms with E-state index in [0.717, 1.165) is 0 Å². The first-order chi connectivity index (χ1) is 11.7. The van der Waals surface area contributed by atoms with Gasteiger partial charge in [0.2, 0.25) is 0 Å². The number of carbonyl (C=O) groups excluding carboxylic acids is 3. The van der Waals surface area contributed by atoms with Crippen LogP contribution in [-0.4, -0.2) is 43.7 Å². The van der Waals surface area contributed by atoms with E-state index in [1.807, 2.05) is 0 Å². The highest BCUT2D eigenvalue weighted by molar-refractivity contribution is 7.91. The monoisotopic (exact) mass is 367 g/mol. The minimum atomic E-state index is -3.05. The molecule has 8 heteroatoms. The number of nitrogens with one attached hydrogen (secondary N) is 1. The summed E-state index contributed by atoms with van der Waals surface area (Å²) >= 11 is 0. The molecule has 0 unspecified atom stereocenters. The van der Waals surface area contributed by atoms with Crippen molar-refractivity contribution in [1.82, 2.24) is 0 Å². The molecular formula is C17H21NO6S. The van der Waals surface area contributed by atoms with Crippen molar-refractivity contribution in [1.29, 1.82) is 0 Å². The van der Waals surface area contributed by atoms with Crippen LogP contribution in [0.3, 0.4) is 0 Å². The largest absolute Gasteiger partial charge is 0.453 e. The van der Waals surface area contributed by atoms with Crippen molar-refractivity contribution >= 4 is 33.2 Å². The first kappa shape index (κ1) is 19.1. The summed E-state index contributed by atoms with van der Waals surface area (Å²) in [6.45, 7) is 2.86. The van der Waals surface area contributed by atoms with Crippen molar-refractivity contribution in [3.63, 3.8) is 0 Å². The van der Waals surface area contributed by atoms with Gasteiger partial charge in [0.25, 0.3) is 5.91 Å². The minimum absolute atomic E-state index is 0.0134. The zero-order chi connectivity index (χ0) is 18.6. The van der Waals surface area contributed by atoms with Gasteiger partial charge in [0.05, 0.1) is 11.5 Å². The number of ketones is 1. The second-order valence-electron chi connectivity index (χ2n) is 6.23. The topological polar surface area (TPSA) is 107 Å². The van der Waals surface area contributed by atoms with Crippen LogP contribution in [0.15, 0.2) is 24.3 Å². The van der Waals surface area contributed by atoms with Crippen LogP contribution >= 0.6 is 0 Å². The van der Waals surface area contributed by atoms with Crippen molar-refractivity contribution < 1.29 is 27.5 Å². The van der Waals surface area contributed by atoms with Crippen LogP contribution in [0.5, 0.6) is 0 Å². The maximum atomic E-state index is 12.1. The van der Waals surface area contributed by atoms with E-state index in [1.165, 1.54) is 19.9 Å². The summed E-state index contributed by atoms with van der Waals surface area (Å²) in [5.41, 5.74) is 0.896. The smallest absolute Gasteiger partial charge is 0.306 e. The molecule has 1 N–H and O–H groups in total. The summed E-state index contributed by atoms with van der Waals surface area (Å²) < 4.78 is 27.9. The van der Waals surface area contributed by atoms with Gasteiger partial charge in [-0.3, -0.25) is 14.4 Å². The minimum Gasteiger partial charge on any atom is -0.453 e. The van der Waals surface area contributed by atoms with Gasteiger partial charge in [0.1, 0.15) is 0 Å². The first-order valence-electron chi connectivity index (χ1n) is 7.98. The molecular weight excluding hydrogens is 346 g/mol. The second-order valence-corrected chi connectivity index (χ2v) is 8.46. The van der Waals surface area contributed by atoms with Gasteiger partial charge in [0.15, 0.2) is 21.7 Å². The van der Waals surface area contributed by atoms with Gasteiger partial charge in [-0.2, -0.15) is 0 Å². The summed E-state index contributed by atoms with van der Waals surface area (Å²) in [4.78, 5) is 35.3. The van der Waals surface area contributed by atoms with E-state index in [0.29, 0.717) is 17.7 Å². The summed E-state index contributed by atoms with van der Waals surface area (Å²) in [7, 11) is -3.05. The van der Waals surface area contributed by atoms with Crippen LogP contribution in [0.1, 0.15) is 37.0 Å². The Morgan fingerprint density at radius 3 is 2.64 bits per heavy atom. The Bertz CT molecular complexity index is 786. The third-order valence-corrected chi connectivity index (χ3v) is 5.83. The quantitative estimate of drug-likeness (QED) is 0.604. The lowest BCUT2D eigenvalue weighted by Crippen LogP contribution is -2.30. The number of Topliss-reactive ketones (excluding diaryl/α,β-unsaturated/α-hetero) is 1. The fourth-order valence-electron chi connectivity index (χ4n) is 2.63. The number of hydrogen-bond donors (Lipinski definition) is 1. The maximum absolute atomic E-state index is 12.1. The summed E-state index contributed by atoms with van der Waals surface area (Å²) in [5.74, 6) is -1.41. The number of sulfone groups is 1. The molecule has 1 saturated heterocycles. The van der Waals surface area contributed by atoms with Crippen LogP contribution in [0, 0.1) is 5.92 Å². The molecule has 0 aromatic heterocycles. The Kier molecular flexibility index (Phi) is 5.94. The predicted octanol–water partition coefficient (Wildman–Crippen LogP) is 1.58. The number of esters is 1. The molecule has 0 radical (unpaired) electrons. The van der Waals surface area contributed by atoms with Gasteiger partial charge in [-0.1, -0.05) is 12.1 Å². The van der Waals surface area contributed by atoms with E-state index in [-0.39, 0.29) is 29.6 Å². The molecule has 7 nitrogen and oxygen atoms in total. The number of anilines is 1. The molecule has 1 fully saturated rings. The third kappa shape index (κ3) is 5.67. The Morgan fingerprint density at radius 1 is 1.32 bits per heavy atom. The average molecular weight is 367 g/mol. The van der Waals surface area contributed by atoms with E-state index in [1.54, 1.807) is 18.2 Å². The molecule has 1 aromatic rings. The van der Waals surface area contributed by atoms with Crippen molar-refractivity contribution in [2.45, 2.75) is 32.8 Å². The highest BCUT2D eigenvalue weighted by Gasteiger charge is 2.30. The molecule has 136 valence electrons. The second kappa shape index (κ2) is 7.77. The molecule has 1 amide bonds. The van der Waals surface area contributed by atoms with E-state index in [4.69, 9.17) is 4.74 Å². The molecule has 0 saturated carbocycles. The normalized spacial score (nSPS) is 19.8. The zero-order valence-corrected chi connectivity index (χ0v) is 15.0. The van der Waals surface area contributed by atoms with Gasteiger partial charge in [-0.15, -0.1) is 0 Å². The number of ether oxygens (including phenoxy) is 1. The van der Waals surface area contributed by atoms with Gasteiger partial charge in [-0.05, 0) is 38.3 Å². The van der Waals surface area contributed by atoms with Crippen molar-refractivity contribution in [2.24, 2.45) is 5.92 Å². The molecule has 1 heterocycles. The third-order valence-electron chi connectivity index (χ3n) is 4.00. The molecule has 0 bridgehead atoms. The lowest BCUT2D eigenvalue weighted by molar-refractivity contribution is -0.153. The highest BCUT2D eigenvalue weighted by atomic mass is 32.2. The number of hydrogen-bond acceptors (Lipinski definition) is 6. The molecule has 2 atom stereocenters. The molecule has 25 heavy (non-hydrogen) atoms. The van der Waals surface area contributed by atoms with Crippen molar-refractivity contribution in [3.8, 4) is 0 Å². The summed E-state index contributed by atoms with van der Waals surface area (Å²) in [6.07, 6.45) is -0.599. The predicted molar refractivity (Wildman–Crippen MR) is 92.0 cm³/mol. The van der Waals surface area contributed by atoms with Crippen LogP contribution in [0.4, 0.5) is 5.69 Å². The van der Waals surface area contributed by atoms with E-state index >= 15 is 0 Å². The van der Waals surface area contributed by atoms with Gasteiger partial charge < -0.3 is 10.1 Å². The number of carbonyl (C=O) groups is 3. The van der Waals surface area contributed by atoms with Crippen molar-refractivity contribution in [3.05, 3.63) is 29.8 Å². The van der Waals surface area contributed by atoms with E-state index in [9.17, 15) is 22.8 Å². The van der Waals surface area contributed by atoms with Crippen LogP contribution in [0.25, 0.3) is 0 Å². The highest BCUT2D eigenvalue weighted by Crippen LogP contribution is 2.22. The maximum Gasteiger partial charge on any atom is 0.306 e. The Labute approximate surface area is 146 Å². The van der Waals surface area contributed by atoms with Crippen LogP contribution < -0.4 is 5.32 Å². The van der Waals surface area contributed by atoms with Gasteiger partial charge >= 0.3 is 5.97 Å². The zero-order valence-electron chi connectivity index (χ0n) is 14.2. The van der Waals surface area contributed by atoms with E-state index in [2.05, 4.69) is 5.32 Å². The Hall–Kier alpha value is -2.22. The molecule has 1 aliphatic heterocycles. The van der Waals surface area contributed by atoms with Crippen LogP contribution in [-0.2, 0) is 24.2 Å².